The van der Waals surface area contributed by atoms with Gasteiger partial charge in [-0.2, -0.15) is 0 Å². The lowest BCUT2D eigenvalue weighted by Gasteiger charge is -2.29. The Morgan fingerprint density at radius 3 is 2.81 bits per heavy atom. The number of aromatic nitrogens is 2. The molecule has 0 unspecified atom stereocenters. The van der Waals surface area contributed by atoms with Crippen LogP contribution in [0, 0.1) is 0 Å². The van der Waals surface area contributed by atoms with E-state index < -0.39 is 0 Å². The molecule has 3 aromatic rings. The molecule has 108 valence electrons. The molecule has 5 heteroatoms. The van der Waals surface area contributed by atoms with Crippen LogP contribution in [0.5, 0.6) is 5.75 Å². The van der Waals surface area contributed by atoms with Crippen molar-refractivity contribution in [3.8, 4) is 5.75 Å². The third-order valence-corrected chi connectivity index (χ3v) is 4.10. The molecule has 1 fully saturated rings. The molecule has 0 amide bonds. The third kappa shape index (κ3) is 2.01. The Morgan fingerprint density at radius 1 is 1.14 bits per heavy atom. The predicted octanol–water partition coefficient (Wildman–Crippen LogP) is 2.13. The van der Waals surface area contributed by atoms with Gasteiger partial charge in [-0.15, -0.1) is 0 Å². The van der Waals surface area contributed by atoms with Gasteiger partial charge in [0.2, 0.25) is 0 Å². The second-order valence-electron chi connectivity index (χ2n) is 5.32. The highest BCUT2D eigenvalue weighted by molar-refractivity contribution is 6.08. The zero-order valence-electron chi connectivity index (χ0n) is 12.0. The van der Waals surface area contributed by atoms with E-state index in [1.807, 2.05) is 24.4 Å². The summed E-state index contributed by atoms with van der Waals surface area (Å²) in [5.74, 6) is 1.93. The number of anilines is 1. The summed E-state index contributed by atoms with van der Waals surface area (Å²) in [6.45, 7) is 4.01. The molecule has 5 nitrogen and oxygen atoms in total. The maximum absolute atomic E-state index is 5.33. The third-order valence-electron chi connectivity index (χ3n) is 4.10. The van der Waals surface area contributed by atoms with Crippen molar-refractivity contribution in [2.75, 3.05) is 38.2 Å². The molecule has 0 spiro atoms. The summed E-state index contributed by atoms with van der Waals surface area (Å²) in [6.07, 6.45) is 1.98. The molecule has 0 saturated carbocycles. The number of hydrogen-bond donors (Lipinski definition) is 2. The lowest BCUT2D eigenvalue weighted by molar-refractivity contribution is 0.415. The molecule has 1 saturated heterocycles. The van der Waals surface area contributed by atoms with Gasteiger partial charge in [-0.05, 0) is 24.3 Å². The molecule has 2 N–H and O–H groups in total. The molecule has 21 heavy (non-hydrogen) atoms. The molecule has 3 heterocycles. The van der Waals surface area contributed by atoms with Crippen LogP contribution >= 0.6 is 0 Å². The molecule has 0 radical (unpaired) electrons. The summed E-state index contributed by atoms with van der Waals surface area (Å²) in [5.41, 5.74) is 2.13. The van der Waals surface area contributed by atoms with Gasteiger partial charge in [0.1, 0.15) is 11.6 Å². The Labute approximate surface area is 122 Å². The first-order chi connectivity index (χ1) is 10.4. The molecule has 0 aliphatic carbocycles. The zero-order valence-corrected chi connectivity index (χ0v) is 12.0. The zero-order chi connectivity index (χ0) is 14.2. The number of benzene rings is 1. The van der Waals surface area contributed by atoms with Gasteiger partial charge in [0.05, 0.1) is 18.1 Å². The van der Waals surface area contributed by atoms with Gasteiger partial charge < -0.3 is 19.9 Å². The minimum atomic E-state index is 0.857. The van der Waals surface area contributed by atoms with Gasteiger partial charge in [-0.1, -0.05) is 0 Å². The van der Waals surface area contributed by atoms with E-state index in [0.717, 1.165) is 54.2 Å². The van der Waals surface area contributed by atoms with Crippen LogP contribution < -0.4 is 15.0 Å². The number of rotatable bonds is 2. The Kier molecular flexibility index (Phi) is 2.93. The maximum atomic E-state index is 5.33. The number of nitrogens with one attached hydrogen (secondary N) is 2. The van der Waals surface area contributed by atoms with E-state index in [9.17, 15) is 0 Å². The fraction of sp³-hybridized carbons (Fsp3) is 0.312. The number of nitrogens with zero attached hydrogens (tertiary/aromatic N) is 2. The average molecular weight is 282 g/mol. The van der Waals surface area contributed by atoms with Crippen molar-refractivity contribution in [3.05, 3.63) is 30.5 Å². The Balaban J connectivity index is 1.95. The molecule has 2 aromatic heterocycles. The van der Waals surface area contributed by atoms with E-state index in [4.69, 9.17) is 9.72 Å². The largest absolute Gasteiger partial charge is 0.497 e. The van der Waals surface area contributed by atoms with Crippen molar-refractivity contribution >= 4 is 27.6 Å². The SMILES string of the molecule is COc1ccc2nc(N3CCNCC3)c3cc[nH]c3c2c1. The fourth-order valence-corrected chi connectivity index (χ4v) is 3.01. The van der Waals surface area contributed by atoms with Crippen LogP contribution in [0.25, 0.3) is 21.8 Å². The highest BCUT2D eigenvalue weighted by Gasteiger charge is 2.17. The summed E-state index contributed by atoms with van der Waals surface area (Å²) >= 11 is 0. The predicted molar refractivity (Wildman–Crippen MR) is 85.2 cm³/mol. The Morgan fingerprint density at radius 2 is 2.00 bits per heavy atom. The standard InChI is InChI=1S/C16H18N4O/c1-21-11-2-3-14-13(10-11)15-12(4-5-18-15)16(19-14)20-8-6-17-7-9-20/h2-5,10,17-18H,6-9H2,1H3. The van der Waals surface area contributed by atoms with Crippen LogP contribution in [-0.2, 0) is 0 Å². The summed E-state index contributed by atoms with van der Waals surface area (Å²) in [4.78, 5) is 10.6. The maximum Gasteiger partial charge on any atom is 0.138 e. The molecule has 0 atom stereocenters. The number of H-pyrrole nitrogens is 1. The van der Waals surface area contributed by atoms with Crippen molar-refractivity contribution in [3.63, 3.8) is 0 Å². The van der Waals surface area contributed by atoms with Crippen LogP contribution in [0.15, 0.2) is 30.5 Å². The second kappa shape index (κ2) is 4.93. The Bertz CT molecular complexity index is 789. The molecule has 1 aromatic carbocycles. The minimum Gasteiger partial charge on any atom is -0.497 e. The van der Waals surface area contributed by atoms with Crippen molar-refractivity contribution in [1.82, 2.24) is 15.3 Å². The van der Waals surface area contributed by atoms with Crippen molar-refractivity contribution < 1.29 is 4.74 Å². The van der Waals surface area contributed by atoms with E-state index in [1.54, 1.807) is 7.11 Å². The van der Waals surface area contributed by atoms with Gasteiger partial charge in [0, 0.05) is 43.1 Å². The first-order valence-corrected chi connectivity index (χ1v) is 7.27. The molecule has 0 bridgehead atoms. The summed E-state index contributed by atoms with van der Waals surface area (Å²) < 4.78 is 5.33. The highest BCUT2D eigenvalue weighted by atomic mass is 16.5. The number of ether oxygens (including phenoxy) is 1. The van der Waals surface area contributed by atoms with Crippen LogP contribution in [-0.4, -0.2) is 43.3 Å². The monoisotopic (exact) mass is 282 g/mol. The van der Waals surface area contributed by atoms with Crippen molar-refractivity contribution in [1.29, 1.82) is 0 Å². The number of methoxy groups -OCH3 is 1. The lowest BCUT2D eigenvalue weighted by atomic mass is 10.1. The first kappa shape index (κ1) is 12.5. The fourth-order valence-electron chi connectivity index (χ4n) is 3.01. The van der Waals surface area contributed by atoms with E-state index in [2.05, 4.69) is 21.3 Å². The van der Waals surface area contributed by atoms with E-state index >= 15 is 0 Å². The van der Waals surface area contributed by atoms with Crippen molar-refractivity contribution in [2.45, 2.75) is 0 Å². The van der Waals surface area contributed by atoms with Crippen LogP contribution in [0.3, 0.4) is 0 Å². The molecule has 4 rings (SSSR count). The number of aromatic amines is 1. The van der Waals surface area contributed by atoms with E-state index in [-0.39, 0.29) is 0 Å². The topological polar surface area (TPSA) is 53.2 Å². The first-order valence-electron chi connectivity index (χ1n) is 7.27. The number of hydrogen-bond acceptors (Lipinski definition) is 4. The lowest BCUT2D eigenvalue weighted by Crippen LogP contribution is -2.43. The molecular formula is C16H18N4O. The number of piperazine rings is 1. The summed E-state index contributed by atoms with van der Waals surface area (Å²) in [6, 6.07) is 8.15. The smallest absolute Gasteiger partial charge is 0.138 e. The van der Waals surface area contributed by atoms with Crippen molar-refractivity contribution in [2.24, 2.45) is 0 Å². The van der Waals surface area contributed by atoms with E-state index in [0.29, 0.717) is 0 Å². The quantitative estimate of drug-likeness (QED) is 0.756. The average Bonchev–Trinajstić information content (AvgIpc) is 3.04. The molecule has 1 aliphatic heterocycles. The van der Waals surface area contributed by atoms with E-state index in [1.165, 1.54) is 5.39 Å². The van der Waals surface area contributed by atoms with Crippen LogP contribution in [0.2, 0.25) is 0 Å². The van der Waals surface area contributed by atoms with Gasteiger partial charge in [0.25, 0.3) is 0 Å². The summed E-state index contributed by atoms with van der Waals surface area (Å²) in [7, 11) is 1.69. The Hall–Kier alpha value is -2.27. The van der Waals surface area contributed by atoms with Gasteiger partial charge >= 0.3 is 0 Å². The number of pyridine rings is 1. The van der Waals surface area contributed by atoms with Crippen LogP contribution in [0.1, 0.15) is 0 Å². The minimum absolute atomic E-state index is 0.857. The highest BCUT2D eigenvalue weighted by Crippen LogP contribution is 2.32. The second-order valence-corrected chi connectivity index (χ2v) is 5.32. The van der Waals surface area contributed by atoms with Gasteiger partial charge in [0.15, 0.2) is 0 Å². The van der Waals surface area contributed by atoms with Gasteiger partial charge in [-0.25, -0.2) is 4.98 Å². The summed E-state index contributed by atoms with van der Waals surface area (Å²) in [5, 5.41) is 5.67. The molecule has 1 aliphatic rings. The normalized spacial score (nSPS) is 15.8. The van der Waals surface area contributed by atoms with Gasteiger partial charge in [-0.3, -0.25) is 0 Å². The van der Waals surface area contributed by atoms with Crippen LogP contribution in [0.4, 0.5) is 5.82 Å². The number of fused-ring (bicyclic) bond motifs is 3. The molecular weight excluding hydrogens is 264 g/mol.